The average Bonchev–Trinajstić information content (AvgIpc) is 3.28. The molecule has 27 heavy (non-hydrogen) atoms. The Morgan fingerprint density at radius 1 is 1.11 bits per heavy atom. The molecule has 0 radical (unpaired) electrons. The number of aryl methyl sites for hydroxylation is 1. The van der Waals surface area contributed by atoms with Crippen molar-refractivity contribution >= 4 is 5.97 Å². The van der Waals surface area contributed by atoms with Crippen molar-refractivity contribution in [3.05, 3.63) is 65.4 Å². The fourth-order valence-corrected chi connectivity index (χ4v) is 2.89. The topological polar surface area (TPSA) is 62.6 Å². The molecule has 0 amide bonds. The van der Waals surface area contributed by atoms with E-state index >= 15 is 0 Å². The van der Waals surface area contributed by atoms with Crippen LogP contribution in [0.3, 0.4) is 0 Å². The maximum Gasteiger partial charge on any atom is 0.344 e. The number of carbonyl (C=O) groups excluding carboxylic acids is 1. The van der Waals surface area contributed by atoms with Gasteiger partial charge in [0, 0.05) is 6.07 Å². The van der Waals surface area contributed by atoms with Crippen LogP contribution < -0.4 is 14.2 Å². The number of benzene rings is 2. The summed E-state index contributed by atoms with van der Waals surface area (Å²) >= 11 is 0. The van der Waals surface area contributed by atoms with Crippen molar-refractivity contribution in [3.63, 3.8) is 0 Å². The Bertz CT molecular complexity index is 1010. The van der Waals surface area contributed by atoms with E-state index in [-0.39, 0.29) is 12.7 Å². The maximum absolute atomic E-state index is 12.7. The molecule has 0 saturated heterocycles. The first-order chi connectivity index (χ1) is 13.0. The quantitative estimate of drug-likeness (QED) is 0.648. The van der Waals surface area contributed by atoms with E-state index in [0.29, 0.717) is 22.9 Å². The van der Waals surface area contributed by atoms with Crippen LogP contribution in [0.15, 0.2) is 48.5 Å². The van der Waals surface area contributed by atoms with E-state index in [2.05, 4.69) is 5.10 Å². The zero-order valence-electron chi connectivity index (χ0n) is 15.4. The lowest BCUT2D eigenvalue weighted by atomic mass is 10.1. The van der Waals surface area contributed by atoms with E-state index in [1.807, 2.05) is 51.1 Å². The molecule has 3 aromatic rings. The zero-order chi connectivity index (χ0) is 19.0. The highest BCUT2D eigenvalue weighted by molar-refractivity contribution is 5.91. The lowest BCUT2D eigenvalue weighted by Gasteiger charge is -2.10. The summed E-state index contributed by atoms with van der Waals surface area (Å²) in [5.74, 6) is 1.28. The lowest BCUT2D eigenvalue weighted by molar-refractivity contribution is 0.0722. The summed E-state index contributed by atoms with van der Waals surface area (Å²) < 4.78 is 18.0. The summed E-state index contributed by atoms with van der Waals surface area (Å²) in [6.07, 6.45) is 0. The minimum atomic E-state index is -0.474. The van der Waals surface area contributed by atoms with Gasteiger partial charge >= 0.3 is 5.97 Å². The van der Waals surface area contributed by atoms with Crippen LogP contribution in [0.1, 0.15) is 41.4 Å². The van der Waals surface area contributed by atoms with Crippen molar-refractivity contribution in [1.29, 1.82) is 0 Å². The van der Waals surface area contributed by atoms with Crippen LogP contribution in [0.5, 0.6) is 17.4 Å². The monoisotopic (exact) mass is 364 g/mol. The van der Waals surface area contributed by atoms with Crippen LogP contribution in [0.25, 0.3) is 5.69 Å². The number of para-hydroxylation sites is 1. The molecule has 0 saturated carbocycles. The van der Waals surface area contributed by atoms with E-state index in [9.17, 15) is 4.79 Å². The van der Waals surface area contributed by atoms with E-state index in [1.54, 1.807) is 22.9 Å². The molecule has 0 unspecified atom stereocenters. The zero-order valence-corrected chi connectivity index (χ0v) is 15.4. The number of hydrogen-bond acceptors (Lipinski definition) is 5. The van der Waals surface area contributed by atoms with Gasteiger partial charge in [-0.15, -0.1) is 0 Å². The summed E-state index contributed by atoms with van der Waals surface area (Å²) in [4.78, 5) is 12.7. The molecule has 6 nitrogen and oxygen atoms in total. The summed E-state index contributed by atoms with van der Waals surface area (Å²) in [6, 6.07) is 14.6. The van der Waals surface area contributed by atoms with Crippen LogP contribution in [0, 0.1) is 6.92 Å². The number of hydrogen-bond donors (Lipinski definition) is 0. The van der Waals surface area contributed by atoms with E-state index < -0.39 is 5.97 Å². The third kappa shape index (κ3) is 3.26. The van der Waals surface area contributed by atoms with Crippen molar-refractivity contribution in [2.45, 2.75) is 26.7 Å². The Balaban J connectivity index is 1.69. The van der Waals surface area contributed by atoms with Gasteiger partial charge in [0.15, 0.2) is 11.5 Å². The number of ether oxygens (including phenoxy) is 3. The largest absolute Gasteiger partial charge is 0.454 e. The number of aromatic nitrogens is 2. The highest BCUT2D eigenvalue weighted by Crippen LogP contribution is 2.33. The molecular formula is C21H20N2O4. The van der Waals surface area contributed by atoms with Crippen molar-refractivity contribution in [3.8, 4) is 23.1 Å². The fraction of sp³-hybridized carbons (Fsp3) is 0.238. The molecule has 0 atom stereocenters. The summed E-state index contributed by atoms with van der Waals surface area (Å²) in [5, 5.41) is 4.64. The second-order valence-electron chi connectivity index (χ2n) is 6.72. The Morgan fingerprint density at radius 2 is 1.89 bits per heavy atom. The van der Waals surface area contributed by atoms with Gasteiger partial charge in [-0.2, -0.15) is 5.10 Å². The van der Waals surface area contributed by atoms with Crippen molar-refractivity contribution in [2.24, 2.45) is 0 Å². The summed E-state index contributed by atoms with van der Waals surface area (Å²) in [5.41, 5.74) is 3.16. The number of carbonyl (C=O) groups is 1. The molecule has 0 N–H and O–H groups in total. The van der Waals surface area contributed by atoms with E-state index in [1.165, 1.54) is 0 Å². The number of rotatable bonds is 4. The molecule has 4 rings (SSSR count). The Hall–Kier alpha value is -3.28. The Labute approximate surface area is 157 Å². The second-order valence-corrected chi connectivity index (χ2v) is 6.72. The van der Waals surface area contributed by atoms with Gasteiger partial charge in [-0.1, -0.05) is 32.0 Å². The van der Waals surface area contributed by atoms with Gasteiger partial charge in [0.2, 0.25) is 12.7 Å². The summed E-state index contributed by atoms with van der Waals surface area (Å²) in [7, 11) is 0. The lowest BCUT2D eigenvalue weighted by Crippen LogP contribution is -2.12. The van der Waals surface area contributed by atoms with Gasteiger partial charge in [0.05, 0.1) is 16.9 Å². The highest BCUT2D eigenvalue weighted by atomic mass is 16.7. The Kier molecular flexibility index (Phi) is 4.32. The third-order valence-electron chi connectivity index (χ3n) is 4.44. The predicted molar refractivity (Wildman–Crippen MR) is 99.9 cm³/mol. The fourth-order valence-electron chi connectivity index (χ4n) is 2.89. The molecule has 0 aliphatic carbocycles. The molecule has 1 aliphatic rings. The third-order valence-corrected chi connectivity index (χ3v) is 4.44. The standard InChI is InChI=1S/C21H20N2O4/c1-13(2)16-11-20(23(22-16)17-7-5-4-6-14(17)3)27-21(24)15-8-9-18-19(10-15)26-12-25-18/h4-11,13H,12H2,1-3H3. The molecule has 0 bridgehead atoms. The summed E-state index contributed by atoms with van der Waals surface area (Å²) in [6.45, 7) is 6.25. The van der Waals surface area contributed by atoms with Gasteiger partial charge in [0.1, 0.15) is 0 Å². The SMILES string of the molecule is Cc1ccccc1-n1nc(C(C)C)cc1OC(=O)c1ccc2c(c1)OCO2. The van der Waals surface area contributed by atoms with E-state index in [0.717, 1.165) is 16.9 Å². The molecule has 1 aliphatic heterocycles. The van der Waals surface area contributed by atoms with Crippen LogP contribution in [-0.4, -0.2) is 22.5 Å². The van der Waals surface area contributed by atoms with Gasteiger partial charge in [-0.3, -0.25) is 0 Å². The van der Waals surface area contributed by atoms with Gasteiger partial charge in [-0.05, 0) is 42.7 Å². The second kappa shape index (κ2) is 6.79. The van der Waals surface area contributed by atoms with Gasteiger partial charge in [-0.25, -0.2) is 9.48 Å². The minimum Gasteiger partial charge on any atom is -0.454 e. The van der Waals surface area contributed by atoms with E-state index in [4.69, 9.17) is 14.2 Å². The van der Waals surface area contributed by atoms with Crippen molar-refractivity contribution in [1.82, 2.24) is 9.78 Å². The van der Waals surface area contributed by atoms with Gasteiger partial charge in [0.25, 0.3) is 0 Å². The minimum absolute atomic E-state index is 0.158. The molecular weight excluding hydrogens is 344 g/mol. The molecule has 0 fully saturated rings. The number of fused-ring (bicyclic) bond motifs is 1. The average molecular weight is 364 g/mol. The molecule has 0 spiro atoms. The molecule has 1 aromatic heterocycles. The molecule has 6 heteroatoms. The normalized spacial score (nSPS) is 12.4. The number of esters is 1. The van der Waals surface area contributed by atoms with Crippen LogP contribution in [-0.2, 0) is 0 Å². The first-order valence-corrected chi connectivity index (χ1v) is 8.80. The predicted octanol–water partition coefficient (Wildman–Crippen LogP) is 4.25. The van der Waals surface area contributed by atoms with Crippen molar-refractivity contribution in [2.75, 3.05) is 6.79 Å². The molecule has 2 heterocycles. The van der Waals surface area contributed by atoms with Crippen molar-refractivity contribution < 1.29 is 19.0 Å². The highest BCUT2D eigenvalue weighted by Gasteiger charge is 2.21. The number of nitrogens with zero attached hydrogens (tertiary/aromatic N) is 2. The first kappa shape index (κ1) is 17.1. The first-order valence-electron chi connectivity index (χ1n) is 8.80. The van der Waals surface area contributed by atoms with Crippen LogP contribution in [0.4, 0.5) is 0 Å². The maximum atomic E-state index is 12.7. The van der Waals surface area contributed by atoms with Crippen LogP contribution >= 0.6 is 0 Å². The van der Waals surface area contributed by atoms with Crippen LogP contribution in [0.2, 0.25) is 0 Å². The Morgan fingerprint density at radius 3 is 2.67 bits per heavy atom. The van der Waals surface area contributed by atoms with Gasteiger partial charge < -0.3 is 14.2 Å². The smallest absolute Gasteiger partial charge is 0.344 e. The molecule has 2 aromatic carbocycles. The molecule has 138 valence electrons.